The molecule has 0 saturated carbocycles. The van der Waals surface area contributed by atoms with Gasteiger partial charge in [-0.25, -0.2) is 0 Å². The lowest BCUT2D eigenvalue weighted by molar-refractivity contribution is -0.127. The molecule has 0 fully saturated rings. The second kappa shape index (κ2) is 9.58. The second-order valence-electron chi connectivity index (χ2n) is 9.62. The molecule has 2 atom stereocenters. The number of amides is 2. The fourth-order valence-corrected chi connectivity index (χ4v) is 5.63. The number of fused-ring (bicyclic) bond motifs is 1. The molecule has 1 radical (unpaired) electrons. The molecule has 0 aliphatic carbocycles. The lowest BCUT2D eigenvalue weighted by Crippen LogP contribution is -2.65. The van der Waals surface area contributed by atoms with Crippen LogP contribution in [0.15, 0.2) is 65.3 Å². The Morgan fingerprint density at radius 1 is 1.17 bits per heavy atom. The van der Waals surface area contributed by atoms with E-state index in [-0.39, 0.29) is 5.91 Å². The summed E-state index contributed by atoms with van der Waals surface area (Å²) in [4.78, 5) is 27.3. The lowest BCUT2D eigenvalue weighted by atomic mass is 9.57. The summed E-state index contributed by atoms with van der Waals surface area (Å²) in [7, 11) is 0. The van der Waals surface area contributed by atoms with Gasteiger partial charge in [0.2, 0.25) is 11.8 Å². The largest absolute Gasteiger partial charge is 0.492 e. The van der Waals surface area contributed by atoms with Gasteiger partial charge in [0, 0.05) is 24.6 Å². The molecular weight excluding hydrogens is 442 g/mol. The number of nitrogens with two attached hydrogens (primary N) is 1. The number of primary amides is 1. The number of anilines is 1. The Labute approximate surface area is 206 Å². The van der Waals surface area contributed by atoms with Gasteiger partial charge >= 0.3 is 0 Å². The van der Waals surface area contributed by atoms with Crippen LogP contribution < -0.4 is 20.7 Å². The topological polar surface area (TPSA) is 97.8 Å². The number of rotatable bonds is 8. The first kappa shape index (κ1) is 24.5. The zero-order valence-electron chi connectivity index (χ0n) is 20.6. The number of hydrogen-bond acceptors (Lipinski definition) is 5. The van der Waals surface area contributed by atoms with Crippen LogP contribution in [0.2, 0.25) is 0 Å². The van der Waals surface area contributed by atoms with Crippen LogP contribution in [0.3, 0.4) is 0 Å². The van der Waals surface area contributed by atoms with Gasteiger partial charge in [0.25, 0.3) is 0 Å². The summed E-state index contributed by atoms with van der Waals surface area (Å²) in [5.74, 6) is 0.345. The van der Waals surface area contributed by atoms with Crippen LogP contribution in [-0.4, -0.2) is 30.5 Å². The van der Waals surface area contributed by atoms with Gasteiger partial charge in [-0.15, -0.1) is 0 Å². The third-order valence-corrected chi connectivity index (χ3v) is 6.98. The van der Waals surface area contributed by atoms with E-state index in [0.717, 1.165) is 28.3 Å². The molecule has 35 heavy (non-hydrogen) atoms. The average molecular weight is 475 g/mol. The van der Waals surface area contributed by atoms with Crippen LogP contribution in [-0.2, 0) is 21.5 Å². The summed E-state index contributed by atoms with van der Waals surface area (Å²) in [5.41, 5.74) is 6.93. The number of nitrogens with zero attached hydrogens (tertiary/aromatic N) is 1. The zero-order chi connectivity index (χ0) is 25.2. The number of carbonyl (C=O) groups excluding carboxylic acids is 2. The van der Waals surface area contributed by atoms with Crippen LogP contribution in [0.25, 0.3) is 0 Å². The molecule has 1 aliphatic rings. The second-order valence-corrected chi connectivity index (χ2v) is 9.62. The third kappa shape index (κ3) is 4.44. The Bertz CT molecular complexity index is 1190. The van der Waals surface area contributed by atoms with Crippen molar-refractivity contribution in [3.05, 3.63) is 83.8 Å². The highest BCUT2D eigenvalue weighted by molar-refractivity contribution is 5.98. The van der Waals surface area contributed by atoms with E-state index < -0.39 is 22.8 Å². The van der Waals surface area contributed by atoms with Gasteiger partial charge < -0.3 is 25.1 Å². The van der Waals surface area contributed by atoms with Crippen molar-refractivity contribution >= 4 is 17.5 Å². The maximum atomic E-state index is 12.9. The van der Waals surface area contributed by atoms with Crippen molar-refractivity contribution in [1.29, 1.82) is 0 Å². The standard InChI is InChI=1S/C28H32N3O4/c1-19(32)31-24-10-6-5-9-23(24)28(4,25(26(29)33)27(31,2)3)20-11-13-21(14-12-20)35-17-15-30-18-22-8-7-16-34-22/h6-14,16,25,30H,15,17-18H2,1-4H3,(H2,29,33). The first-order chi connectivity index (χ1) is 16.7. The molecule has 3 aromatic rings. The van der Waals surface area contributed by atoms with E-state index >= 15 is 0 Å². The number of hydrogen-bond donors (Lipinski definition) is 2. The van der Waals surface area contributed by atoms with Crippen molar-refractivity contribution in [1.82, 2.24) is 5.32 Å². The SMILES string of the molecule is CC(=O)N1c2cc[c]cc2C(C)(c2ccc(OCCNCc3ccco3)cc2)C(C(N)=O)C1(C)C. The Morgan fingerprint density at radius 3 is 2.54 bits per heavy atom. The Balaban J connectivity index is 1.59. The van der Waals surface area contributed by atoms with E-state index in [1.54, 1.807) is 17.2 Å². The molecule has 2 amide bonds. The summed E-state index contributed by atoms with van der Waals surface area (Å²) in [6.45, 7) is 9.14. The van der Waals surface area contributed by atoms with Gasteiger partial charge in [0.1, 0.15) is 18.1 Å². The van der Waals surface area contributed by atoms with Crippen LogP contribution in [0.1, 0.15) is 44.6 Å². The van der Waals surface area contributed by atoms with Crippen molar-refractivity contribution in [2.75, 3.05) is 18.1 Å². The normalized spacial score (nSPS) is 20.8. The van der Waals surface area contributed by atoms with Crippen LogP contribution in [0, 0.1) is 12.0 Å². The van der Waals surface area contributed by atoms with Crippen LogP contribution in [0.4, 0.5) is 5.69 Å². The third-order valence-electron chi connectivity index (χ3n) is 6.98. The fourth-order valence-electron chi connectivity index (χ4n) is 5.63. The maximum Gasteiger partial charge on any atom is 0.224 e. The van der Waals surface area contributed by atoms with E-state index in [2.05, 4.69) is 11.4 Å². The fraction of sp³-hybridized carbons (Fsp3) is 0.357. The highest BCUT2D eigenvalue weighted by Gasteiger charge is 2.57. The Hall–Kier alpha value is -3.58. The van der Waals surface area contributed by atoms with E-state index in [1.165, 1.54) is 6.92 Å². The van der Waals surface area contributed by atoms with Crippen LogP contribution >= 0.6 is 0 Å². The van der Waals surface area contributed by atoms with Gasteiger partial charge in [-0.1, -0.05) is 25.1 Å². The minimum Gasteiger partial charge on any atom is -0.492 e. The predicted octanol–water partition coefficient (Wildman–Crippen LogP) is 3.80. The summed E-state index contributed by atoms with van der Waals surface area (Å²) in [5, 5.41) is 3.27. The summed E-state index contributed by atoms with van der Waals surface area (Å²) < 4.78 is 11.2. The number of benzene rings is 2. The smallest absolute Gasteiger partial charge is 0.224 e. The monoisotopic (exact) mass is 474 g/mol. The molecule has 7 heteroatoms. The average Bonchev–Trinajstić information content (AvgIpc) is 3.32. The summed E-state index contributed by atoms with van der Waals surface area (Å²) in [6, 6.07) is 20.2. The molecule has 1 aromatic heterocycles. The highest BCUT2D eigenvalue weighted by atomic mass is 16.5. The quantitative estimate of drug-likeness (QED) is 0.484. The van der Waals surface area contributed by atoms with E-state index in [0.29, 0.717) is 19.7 Å². The molecule has 7 nitrogen and oxygen atoms in total. The van der Waals surface area contributed by atoms with Crippen molar-refractivity contribution in [3.63, 3.8) is 0 Å². The molecule has 0 spiro atoms. The molecule has 2 unspecified atom stereocenters. The van der Waals surface area contributed by atoms with Gasteiger partial charge in [-0.2, -0.15) is 0 Å². The number of nitrogens with one attached hydrogen (secondary N) is 1. The number of ether oxygens (including phenoxy) is 1. The molecule has 4 rings (SSSR count). The molecule has 2 aromatic carbocycles. The van der Waals surface area contributed by atoms with Crippen LogP contribution in [0.5, 0.6) is 5.75 Å². The van der Waals surface area contributed by atoms with E-state index in [4.69, 9.17) is 14.9 Å². The van der Waals surface area contributed by atoms with E-state index in [1.807, 2.05) is 69.3 Å². The molecule has 1 aliphatic heterocycles. The first-order valence-electron chi connectivity index (χ1n) is 11.7. The van der Waals surface area contributed by atoms with Crippen molar-refractivity contribution in [2.45, 2.75) is 45.2 Å². The molecular formula is C28H32N3O4. The molecule has 0 bridgehead atoms. The number of furan rings is 1. The Morgan fingerprint density at radius 2 is 1.91 bits per heavy atom. The summed E-state index contributed by atoms with van der Waals surface area (Å²) >= 11 is 0. The minimum atomic E-state index is -0.838. The first-order valence-corrected chi connectivity index (χ1v) is 11.7. The zero-order valence-corrected chi connectivity index (χ0v) is 20.6. The predicted molar refractivity (Wildman–Crippen MR) is 134 cm³/mol. The minimum absolute atomic E-state index is 0.139. The molecule has 183 valence electrons. The van der Waals surface area contributed by atoms with Gasteiger partial charge in [0.05, 0.1) is 24.3 Å². The Kier molecular flexibility index (Phi) is 6.72. The van der Waals surface area contributed by atoms with E-state index in [9.17, 15) is 9.59 Å². The highest BCUT2D eigenvalue weighted by Crippen LogP contribution is 2.54. The van der Waals surface area contributed by atoms with Gasteiger partial charge in [0.15, 0.2) is 0 Å². The lowest BCUT2D eigenvalue weighted by Gasteiger charge is -2.55. The van der Waals surface area contributed by atoms with Crippen molar-refractivity contribution < 1.29 is 18.7 Å². The maximum absolute atomic E-state index is 12.9. The van der Waals surface area contributed by atoms with Crippen molar-refractivity contribution in [2.24, 2.45) is 11.7 Å². The number of carbonyl (C=O) groups is 2. The van der Waals surface area contributed by atoms with Crippen molar-refractivity contribution in [3.8, 4) is 5.75 Å². The summed E-state index contributed by atoms with van der Waals surface area (Å²) in [6.07, 6.45) is 1.65. The van der Waals surface area contributed by atoms with Gasteiger partial charge in [-0.05, 0) is 67.4 Å². The molecule has 0 saturated heterocycles. The van der Waals surface area contributed by atoms with Gasteiger partial charge in [-0.3, -0.25) is 9.59 Å². The molecule has 2 heterocycles. The molecule has 3 N–H and O–H groups in total.